The molecule has 7 nitrogen and oxygen atoms in total. The van der Waals surface area contributed by atoms with E-state index in [9.17, 15) is 12.8 Å². The second kappa shape index (κ2) is 7.64. The van der Waals surface area contributed by atoms with Crippen LogP contribution in [0.25, 0.3) is 0 Å². The summed E-state index contributed by atoms with van der Waals surface area (Å²) in [5, 5.41) is 0. The highest BCUT2D eigenvalue weighted by Crippen LogP contribution is 2.34. The molecule has 0 saturated carbocycles. The highest BCUT2D eigenvalue weighted by atomic mass is 35.7. The molecule has 0 fully saturated rings. The second-order valence-corrected chi connectivity index (χ2v) is 9.72. The maximum Gasteiger partial charge on any atom is 0.232 e. The van der Waals surface area contributed by atoms with Crippen LogP contribution in [-0.4, -0.2) is 43.8 Å². The number of nitrogen functional groups attached to an aromatic ring is 1. The molecule has 0 aromatic heterocycles. The van der Waals surface area contributed by atoms with Crippen LogP contribution < -0.4 is 10.5 Å². The van der Waals surface area contributed by atoms with Crippen LogP contribution in [0.15, 0.2) is 46.4 Å². The van der Waals surface area contributed by atoms with Crippen LogP contribution in [0.1, 0.15) is 18.4 Å². The number of hydrogen-bond acceptors (Lipinski definition) is 7. The first kappa shape index (κ1) is 19.7. The quantitative estimate of drug-likeness (QED) is 0.550. The molecule has 0 amide bonds. The highest BCUT2D eigenvalue weighted by molar-refractivity contribution is 8.13. The molecule has 0 bridgehead atoms. The molecule has 2 heterocycles. The van der Waals surface area contributed by atoms with E-state index < -0.39 is 14.9 Å². The zero-order chi connectivity index (χ0) is 20.6. The number of nitrogens with zero attached hydrogens (tertiary/aromatic N) is 3. The van der Waals surface area contributed by atoms with Crippen LogP contribution in [0.5, 0.6) is 11.5 Å². The van der Waals surface area contributed by atoms with Crippen LogP contribution >= 0.6 is 10.7 Å². The van der Waals surface area contributed by atoms with Gasteiger partial charge < -0.3 is 15.4 Å². The van der Waals surface area contributed by atoms with Crippen molar-refractivity contribution in [3.8, 4) is 11.5 Å². The second-order valence-electron chi connectivity index (χ2n) is 6.82. The SMILES string of the molecule is Nc1cc(Oc2ccc3c(c2)C2=NCC(CCCS(=O)(=O)Cl)N2C=N3)ccc1F. The first-order valence-electron chi connectivity index (χ1n) is 8.97. The fraction of sp³-hybridized carbons (Fsp3) is 0.263. The zero-order valence-electron chi connectivity index (χ0n) is 15.3. The van der Waals surface area contributed by atoms with Gasteiger partial charge in [-0.1, -0.05) is 0 Å². The topological polar surface area (TPSA) is 97.3 Å². The molecule has 2 aliphatic heterocycles. The third-order valence-electron chi connectivity index (χ3n) is 4.75. The van der Waals surface area contributed by atoms with Crippen LogP contribution in [0.2, 0.25) is 0 Å². The molecule has 2 aliphatic rings. The molecule has 4 rings (SSSR count). The first-order valence-corrected chi connectivity index (χ1v) is 11.4. The number of nitrogens with two attached hydrogens (primary N) is 1. The molecule has 2 N–H and O–H groups in total. The van der Waals surface area contributed by atoms with Crippen molar-refractivity contribution in [1.29, 1.82) is 0 Å². The number of hydrogen-bond donors (Lipinski definition) is 1. The third-order valence-corrected chi connectivity index (χ3v) is 5.99. The molecule has 152 valence electrons. The summed E-state index contributed by atoms with van der Waals surface area (Å²) in [6, 6.07) is 9.62. The summed E-state index contributed by atoms with van der Waals surface area (Å²) in [4.78, 5) is 11.0. The van der Waals surface area contributed by atoms with Crippen LogP contribution in [-0.2, 0) is 9.05 Å². The Kier molecular flexibility index (Phi) is 5.18. The van der Waals surface area contributed by atoms with E-state index in [2.05, 4.69) is 9.98 Å². The summed E-state index contributed by atoms with van der Waals surface area (Å²) in [6.07, 6.45) is 2.80. The molecule has 0 aliphatic carbocycles. The number of benzene rings is 2. The van der Waals surface area contributed by atoms with Crippen LogP contribution in [0.4, 0.5) is 15.8 Å². The van der Waals surface area contributed by atoms with Crippen molar-refractivity contribution in [2.75, 3.05) is 18.0 Å². The Bertz CT molecular complexity index is 1120. The van der Waals surface area contributed by atoms with E-state index in [1.54, 1.807) is 12.4 Å². The molecule has 0 saturated heterocycles. The minimum absolute atomic E-state index is 0.0122. The summed E-state index contributed by atoms with van der Waals surface area (Å²) >= 11 is 0. The van der Waals surface area contributed by atoms with Crippen molar-refractivity contribution in [1.82, 2.24) is 4.90 Å². The Balaban J connectivity index is 1.51. The van der Waals surface area contributed by atoms with Gasteiger partial charge in [0.2, 0.25) is 9.05 Å². The van der Waals surface area contributed by atoms with Gasteiger partial charge in [-0.05, 0) is 43.2 Å². The lowest BCUT2D eigenvalue weighted by Crippen LogP contribution is -2.37. The van der Waals surface area contributed by atoms with Gasteiger partial charge in [-0.2, -0.15) is 0 Å². The first-order chi connectivity index (χ1) is 13.8. The number of halogens is 2. The number of amidine groups is 1. The van der Waals surface area contributed by atoms with Crippen LogP contribution in [0.3, 0.4) is 0 Å². The van der Waals surface area contributed by atoms with Gasteiger partial charge in [0.05, 0.1) is 36.1 Å². The van der Waals surface area contributed by atoms with Gasteiger partial charge in [0.1, 0.15) is 23.2 Å². The normalized spacial score (nSPS) is 17.7. The van der Waals surface area contributed by atoms with E-state index in [-0.39, 0.29) is 17.5 Å². The Morgan fingerprint density at radius 3 is 2.76 bits per heavy atom. The van der Waals surface area contributed by atoms with Crippen molar-refractivity contribution >= 4 is 43.3 Å². The molecule has 1 atom stereocenters. The summed E-state index contributed by atoms with van der Waals surface area (Å²) < 4.78 is 41.4. The molecule has 29 heavy (non-hydrogen) atoms. The Labute approximate surface area is 172 Å². The lowest BCUT2D eigenvalue weighted by Gasteiger charge is -2.27. The molecular formula is C19H18ClFN4O3S. The fourth-order valence-corrected chi connectivity index (χ4v) is 4.18. The van der Waals surface area contributed by atoms with E-state index in [4.69, 9.17) is 21.2 Å². The Hall–Kier alpha value is -2.65. The third kappa shape index (κ3) is 4.35. The van der Waals surface area contributed by atoms with Gasteiger partial charge in [0, 0.05) is 22.3 Å². The molecule has 2 aromatic carbocycles. The standard InChI is InChI=1S/C19H18ClFN4O3S/c20-29(26,27)7-1-2-12-10-23-19-15-8-13(4-6-18(15)24-11-25(12)19)28-14-3-5-16(21)17(22)9-14/h3-6,8-9,11-12H,1-2,7,10,22H2. The number of ether oxygens (including phenoxy) is 1. The van der Waals surface area contributed by atoms with Crippen molar-refractivity contribution in [2.45, 2.75) is 18.9 Å². The minimum Gasteiger partial charge on any atom is -0.457 e. The van der Waals surface area contributed by atoms with Gasteiger partial charge in [0.25, 0.3) is 0 Å². The van der Waals surface area contributed by atoms with E-state index in [1.807, 2.05) is 17.0 Å². The number of fused-ring (bicyclic) bond motifs is 3. The predicted octanol–water partition coefficient (Wildman–Crippen LogP) is 3.65. The van der Waals surface area contributed by atoms with Crippen molar-refractivity contribution in [3.05, 3.63) is 47.8 Å². The number of aliphatic imine (C=N–C) groups is 2. The average molecular weight is 437 g/mol. The van der Waals surface area contributed by atoms with E-state index in [0.717, 1.165) is 17.1 Å². The van der Waals surface area contributed by atoms with Crippen molar-refractivity contribution in [3.63, 3.8) is 0 Å². The largest absolute Gasteiger partial charge is 0.457 e. The Morgan fingerprint density at radius 2 is 2.00 bits per heavy atom. The lowest BCUT2D eigenvalue weighted by molar-refractivity contribution is 0.449. The fourth-order valence-electron chi connectivity index (χ4n) is 3.35. The van der Waals surface area contributed by atoms with Crippen molar-refractivity contribution in [2.24, 2.45) is 9.98 Å². The van der Waals surface area contributed by atoms with Crippen LogP contribution in [0, 0.1) is 5.82 Å². The minimum atomic E-state index is -3.50. The summed E-state index contributed by atoms with van der Waals surface area (Å²) in [5.41, 5.74) is 7.18. The summed E-state index contributed by atoms with van der Waals surface area (Å²) in [5.74, 6) is 1.17. The van der Waals surface area contributed by atoms with E-state index in [0.29, 0.717) is 30.9 Å². The van der Waals surface area contributed by atoms with Gasteiger partial charge in [0.15, 0.2) is 0 Å². The molecule has 0 spiro atoms. The molecule has 1 unspecified atom stereocenters. The lowest BCUT2D eigenvalue weighted by atomic mass is 10.1. The maximum atomic E-state index is 13.3. The number of rotatable bonds is 6. The highest BCUT2D eigenvalue weighted by Gasteiger charge is 2.31. The maximum absolute atomic E-state index is 13.3. The molecular weight excluding hydrogens is 419 g/mol. The zero-order valence-corrected chi connectivity index (χ0v) is 16.8. The number of anilines is 1. The Morgan fingerprint density at radius 1 is 1.24 bits per heavy atom. The molecule has 2 aromatic rings. The van der Waals surface area contributed by atoms with E-state index >= 15 is 0 Å². The van der Waals surface area contributed by atoms with E-state index in [1.165, 1.54) is 18.2 Å². The van der Waals surface area contributed by atoms with Crippen molar-refractivity contribution < 1.29 is 17.5 Å². The van der Waals surface area contributed by atoms with Gasteiger partial charge in [-0.15, -0.1) is 0 Å². The van der Waals surface area contributed by atoms with Gasteiger partial charge in [-0.3, -0.25) is 4.99 Å². The van der Waals surface area contributed by atoms with Gasteiger partial charge in [-0.25, -0.2) is 17.8 Å². The van der Waals surface area contributed by atoms with Gasteiger partial charge >= 0.3 is 0 Å². The monoisotopic (exact) mass is 436 g/mol. The smallest absolute Gasteiger partial charge is 0.232 e. The molecule has 0 radical (unpaired) electrons. The summed E-state index contributed by atoms with van der Waals surface area (Å²) in [7, 11) is 1.79. The molecule has 10 heteroatoms. The summed E-state index contributed by atoms with van der Waals surface area (Å²) in [6.45, 7) is 0.544. The average Bonchev–Trinajstić information content (AvgIpc) is 3.07. The predicted molar refractivity (Wildman–Crippen MR) is 111 cm³/mol.